The highest BCUT2D eigenvalue weighted by Gasteiger charge is 2.18. The van der Waals surface area contributed by atoms with Crippen LogP contribution in [0.3, 0.4) is 0 Å². The van der Waals surface area contributed by atoms with Gasteiger partial charge in [-0.1, -0.05) is 0 Å². The average molecular weight is 258 g/mol. The number of nitrogens with zero attached hydrogens (tertiary/aromatic N) is 3. The van der Waals surface area contributed by atoms with Gasteiger partial charge in [0.25, 0.3) is 0 Å². The molecule has 0 amide bonds. The molecular formula is C14H18N4O. The van der Waals surface area contributed by atoms with E-state index >= 15 is 0 Å². The Morgan fingerprint density at radius 3 is 2.84 bits per heavy atom. The molecule has 1 saturated heterocycles. The number of hydrogen-bond acceptors (Lipinski definition) is 4. The van der Waals surface area contributed by atoms with Crippen molar-refractivity contribution in [2.24, 2.45) is 0 Å². The zero-order valence-corrected chi connectivity index (χ0v) is 11.0. The summed E-state index contributed by atoms with van der Waals surface area (Å²) >= 11 is 0. The van der Waals surface area contributed by atoms with Crippen LogP contribution in [0.25, 0.3) is 11.4 Å². The highest BCUT2D eigenvalue weighted by Crippen LogP contribution is 2.25. The lowest BCUT2D eigenvalue weighted by molar-refractivity contribution is 0.373. The van der Waals surface area contributed by atoms with E-state index < -0.39 is 0 Å². The van der Waals surface area contributed by atoms with Gasteiger partial charge in [-0.15, -0.1) is 10.2 Å². The zero-order chi connectivity index (χ0) is 13.1. The molecule has 5 nitrogen and oxygen atoms in total. The molecule has 0 spiro atoms. The minimum Gasteiger partial charge on any atom is -0.497 e. The van der Waals surface area contributed by atoms with Gasteiger partial charge in [0.1, 0.15) is 12.1 Å². The van der Waals surface area contributed by atoms with Crippen LogP contribution in [-0.2, 0) is 0 Å². The fraction of sp³-hybridized carbons (Fsp3) is 0.429. The summed E-state index contributed by atoms with van der Waals surface area (Å²) in [7, 11) is 1.67. The first-order valence-corrected chi connectivity index (χ1v) is 6.63. The Morgan fingerprint density at radius 2 is 2.16 bits per heavy atom. The highest BCUT2D eigenvalue weighted by molar-refractivity contribution is 5.56. The predicted molar refractivity (Wildman–Crippen MR) is 73.2 cm³/mol. The summed E-state index contributed by atoms with van der Waals surface area (Å²) in [6.45, 7) is 2.09. The lowest BCUT2D eigenvalue weighted by Crippen LogP contribution is -2.31. The number of benzene rings is 1. The Labute approximate surface area is 112 Å². The number of rotatable bonds is 3. The Kier molecular flexibility index (Phi) is 3.46. The van der Waals surface area contributed by atoms with E-state index in [-0.39, 0.29) is 0 Å². The Hall–Kier alpha value is -1.88. The molecule has 2 aromatic rings. The fourth-order valence-electron chi connectivity index (χ4n) is 2.53. The third-order valence-electron chi connectivity index (χ3n) is 3.59. The lowest BCUT2D eigenvalue weighted by atomic mass is 10.1. The van der Waals surface area contributed by atoms with Crippen LogP contribution in [0.15, 0.2) is 30.6 Å². The summed E-state index contributed by atoms with van der Waals surface area (Å²) in [5.41, 5.74) is 1.07. The number of nitrogens with one attached hydrogen (secondary N) is 1. The predicted octanol–water partition coefficient (Wildman–Crippen LogP) is 1.88. The van der Waals surface area contributed by atoms with Gasteiger partial charge < -0.3 is 14.6 Å². The van der Waals surface area contributed by atoms with Crippen LogP contribution in [-0.4, -0.2) is 35.0 Å². The van der Waals surface area contributed by atoms with Gasteiger partial charge in [-0.3, -0.25) is 0 Å². The second-order valence-electron chi connectivity index (χ2n) is 4.79. The largest absolute Gasteiger partial charge is 0.497 e. The summed E-state index contributed by atoms with van der Waals surface area (Å²) < 4.78 is 7.35. The molecule has 1 unspecified atom stereocenters. The van der Waals surface area contributed by atoms with Crippen molar-refractivity contribution in [3.8, 4) is 17.1 Å². The van der Waals surface area contributed by atoms with Gasteiger partial charge >= 0.3 is 0 Å². The van der Waals surface area contributed by atoms with Crippen LogP contribution in [0.1, 0.15) is 18.9 Å². The van der Waals surface area contributed by atoms with Crippen LogP contribution >= 0.6 is 0 Å². The molecule has 1 fully saturated rings. The lowest BCUT2D eigenvalue weighted by Gasteiger charge is -2.24. The number of aromatic nitrogens is 3. The summed E-state index contributed by atoms with van der Waals surface area (Å²) in [5.74, 6) is 1.78. The van der Waals surface area contributed by atoms with E-state index in [1.807, 2.05) is 30.6 Å². The molecule has 1 aromatic heterocycles. The number of ether oxygens (including phenoxy) is 1. The van der Waals surface area contributed by atoms with Gasteiger partial charge in [0, 0.05) is 18.2 Å². The molecule has 3 rings (SSSR count). The molecule has 1 aromatic carbocycles. The van der Waals surface area contributed by atoms with Crippen molar-refractivity contribution in [1.29, 1.82) is 0 Å². The van der Waals surface area contributed by atoms with Gasteiger partial charge in [-0.25, -0.2) is 0 Å². The van der Waals surface area contributed by atoms with E-state index in [4.69, 9.17) is 4.74 Å². The minimum atomic E-state index is 0.445. The molecule has 0 bridgehead atoms. The monoisotopic (exact) mass is 258 g/mol. The molecule has 2 heterocycles. The van der Waals surface area contributed by atoms with Crippen LogP contribution in [0.5, 0.6) is 5.75 Å². The maximum atomic E-state index is 5.18. The second-order valence-corrected chi connectivity index (χ2v) is 4.79. The van der Waals surface area contributed by atoms with E-state index in [0.717, 1.165) is 30.2 Å². The molecular weight excluding hydrogens is 240 g/mol. The van der Waals surface area contributed by atoms with E-state index in [0.29, 0.717) is 6.04 Å². The third kappa shape index (κ3) is 2.46. The van der Waals surface area contributed by atoms with Crippen LogP contribution < -0.4 is 10.1 Å². The van der Waals surface area contributed by atoms with Gasteiger partial charge in [0.15, 0.2) is 5.82 Å². The Balaban J connectivity index is 1.89. The van der Waals surface area contributed by atoms with Crippen molar-refractivity contribution >= 4 is 0 Å². The summed E-state index contributed by atoms with van der Waals surface area (Å²) in [5, 5.41) is 11.8. The van der Waals surface area contributed by atoms with E-state index in [2.05, 4.69) is 20.1 Å². The maximum absolute atomic E-state index is 5.18. The smallest absolute Gasteiger partial charge is 0.164 e. The first kappa shape index (κ1) is 12.2. The van der Waals surface area contributed by atoms with E-state index in [9.17, 15) is 0 Å². The van der Waals surface area contributed by atoms with Gasteiger partial charge in [-0.2, -0.15) is 0 Å². The molecule has 0 radical (unpaired) electrons. The fourth-order valence-corrected chi connectivity index (χ4v) is 2.53. The molecule has 100 valence electrons. The molecule has 19 heavy (non-hydrogen) atoms. The number of piperidine rings is 1. The first-order valence-electron chi connectivity index (χ1n) is 6.63. The molecule has 1 aliphatic heterocycles. The minimum absolute atomic E-state index is 0.445. The van der Waals surface area contributed by atoms with Crippen LogP contribution in [0.2, 0.25) is 0 Å². The quantitative estimate of drug-likeness (QED) is 0.913. The second kappa shape index (κ2) is 5.40. The molecule has 0 saturated carbocycles. The normalized spacial score (nSPS) is 19.3. The topological polar surface area (TPSA) is 52.0 Å². The van der Waals surface area contributed by atoms with Crippen molar-refractivity contribution in [3.63, 3.8) is 0 Å². The summed E-state index contributed by atoms with van der Waals surface area (Å²) in [6.07, 6.45) is 4.20. The van der Waals surface area contributed by atoms with Crippen molar-refractivity contribution in [1.82, 2.24) is 20.1 Å². The van der Waals surface area contributed by atoms with Crippen LogP contribution in [0.4, 0.5) is 0 Å². The Morgan fingerprint density at radius 1 is 1.32 bits per heavy atom. The van der Waals surface area contributed by atoms with Gasteiger partial charge in [-0.05, 0) is 43.7 Å². The molecule has 1 aliphatic rings. The zero-order valence-electron chi connectivity index (χ0n) is 11.0. The van der Waals surface area contributed by atoms with E-state index in [1.54, 1.807) is 7.11 Å². The first-order chi connectivity index (χ1) is 9.38. The molecule has 1 N–H and O–H groups in total. The number of methoxy groups -OCH3 is 1. The van der Waals surface area contributed by atoms with Crippen molar-refractivity contribution < 1.29 is 4.74 Å². The van der Waals surface area contributed by atoms with E-state index in [1.165, 1.54) is 12.8 Å². The SMILES string of the molecule is COc1ccc(-c2nncn2C2CCCNC2)cc1. The summed E-state index contributed by atoms with van der Waals surface area (Å²) in [6, 6.07) is 8.40. The van der Waals surface area contributed by atoms with Crippen molar-refractivity contribution in [2.45, 2.75) is 18.9 Å². The van der Waals surface area contributed by atoms with Gasteiger partial charge in [0.05, 0.1) is 7.11 Å². The highest BCUT2D eigenvalue weighted by atomic mass is 16.5. The van der Waals surface area contributed by atoms with Crippen molar-refractivity contribution in [2.75, 3.05) is 20.2 Å². The Bertz CT molecular complexity index is 529. The standard InChI is InChI=1S/C14H18N4O/c1-19-13-6-4-11(5-7-13)14-17-16-10-18(14)12-3-2-8-15-9-12/h4-7,10,12,15H,2-3,8-9H2,1H3. The van der Waals surface area contributed by atoms with Crippen LogP contribution in [0, 0.1) is 0 Å². The molecule has 5 heteroatoms. The summed E-state index contributed by atoms with van der Waals surface area (Å²) in [4.78, 5) is 0. The average Bonchev–Trinajstić information content (AvgIpc) is 2.98. The maximum Gasteiger partial charge on any atom is 0.164 e. The molecule has 0 aliphatic carbocycles. The molecule has 1 atom stereocenters. The third-order valence-corrected chi connectivity index (χ3v) is 3.59. The van der Waals surface area contributed by atoms with Gasteiger partial charge in [0.2, 0.25) is 0 Å². The van der Waals surface area contributed by atoms with Crippen molar-refractivity contribution in [3.05, 3.63) is 30.6 Å². The number of hydrogen-bond donors (Lipinski definition) is 1.